The summed E-state index contributed by atoms with van der Waals surface area (Å²) in [6.45, 7) is 13.0. The molecule has 0 radical (unpaired) electrons. The van der Waals surface area contributed by atoms with Crippen molar-refractivity contribution in [2.24, 2.45) is 4.99 Å². The van der Waals surface area contributed by atoms with Gasteiger partial charge in [0.1, 0.15) is 10.8 Å². The molecule has 0 saturated heterocycles. The number of guanidine groups is 1. The van der Waals surface area contributed by atoms with Crippen LogP contribution < -0.4 is 15.4 Å². The maximum Gasteiger partial charge on any atom is 0.191 e. The van der Waals surface area contributed by atoms with Crippen LogP contribution in [0.25, 0.3) is 0 Å². The van der Waals surface area contributed by atoms with Crippen LogP contribution >= 0.6 is 11.3 Å². The number of aromatic nitrogens is 1. The third-order valence-corrected chi connectivity index (χ3v) is 4.83. The van der Waals surface area contributed by atoms with Crippen LogP contribution in [0.15, 0.2) is 23.2 Å². The summed E-state index contributed by atoms with van der Waals surface area (Å²) in [7, 11) is 0. The van der Waals surface area contributed by atoms with Gasteiger partial charge in [-0.1, -0.05) is 12.1 Å². The van der Waals surface area contributed by atoms with Crippen LogP contribution in [-0.4, -0.2) is 24.1 Å². The highest BCUT2D eigenvalue weighted by molar-refractivity contribution is 7.11. The van der Waals surface area contributed by atoms with E-state index in [2.05, 4.69) is 54.6 Å². The maximum absolute atomic E-state index is 5.74. The zero-order valence-corrected chi connectivity index (χ0v) is 16.6. The maximum atomic E-state index is 5.74. The van der Waals surface area contributed by atoms with Gasteiger partial charge in [0.25, 0.3) is 0 Å². The van der Waals surface area contributed by atoms with Gasteiger partial charge < -0.3 is 15.4 Å². The lowest BCUT2D eigenvalue weighted by Gasteiger charge is -2.12. The fraction of sp³-hybridized carbons (Fsp3) is 0.474. The Morgan fingerprint density at radius 3 is 2.64 bits per heavy atom. The molecule has 25 heavy (non-hydrogen) atoms. The number of hydrogen-bond donors (Lipinski definition) is 2. The molecule has 5 nitrogen and oxygen atoms in total. The van der Waals surface area contributed by atoms with Crippen molar-refractivity contribution in [3.63, 3.8) is 0 Å². The van der Waals surface area contributed by atoms with E-state index in [-0.39, 0.29) is 0 Å². The molecule has 1 heterocycles. The molecule has 0 saturated carbocycles. The Labute approximate surface area is 154 Å². The van der Waals surface area contributed by atoms with E-state index in [4.69, 9.17) is 9.73 Å². The Kier molecular flexibility index (Phi) is 7.25. The summed E-state index contributed by atoms with van der Waals surface area (Å²) < 4.78 is 5.74. The van der Waals surface area contributed by atoms with Crippen LogP contribution in [0.3, 0.4) is 0 Å². The second-order valence-electron chi connectivity index (χ2n) is 5.84. The van der Waals surface area contributed by atoms with E-state index >= 15 is 0 Å². The van der Waals surface area contributed by atoms with Crippen LogP contribution in [0, 0.1) is 20.8 Å². The van der Waals surface area contributed by atoms with Crippen LogP contribution in [-0.2, 0) is 13.1 Å². The van der Waals surface area contributed by atoms with E-state index in [1.54, 1.807) is 11.3 Å². The van der Waals surface area contributed by atoms with Gasteiger partial charge in [0.2, 0.25) is 0 Å². The number of nitrogens with one attached hydrogen (secondary N) is 2. The summed E-state index contributed by atoms with van der Waals surface area (Å²) in [5.74, 6) is 1.70. The summed E-state index contributed by atoms with van der Waals surface area (Å²) in [6.07, 6.45) is 0. The first kappa shape index (κ1) is 19.2. The molecule has 0 amide bonds. The quantitative estimate of drug-likeness (QED) is 0.584. The Balaban J connectivity index is 2.06. The molecule has 136 valence electrons. The van der Waals surface area contributed by atoms with Crippen LogP contribution in [0.4, 0.5) is 0 Å². The first-order chi connectivity index (χ1) is 12.0. The summed E-state index contributed by atoms with van der Waals surface area (Å²) in [5, 5.41) is 7.71. The lowest BCUT2D eigenvalue weighted by Crippen LogP contribution is -2.36. The smallest absolute Gasteiger partial charge is 0.191 e. The van der Waals surface area contributed by atoms with Crippen molar-refractivity contribution in [1.82, 2.24) is 15.6 Å². The zero-order valence-electron chi connectivity index (χ0n) is 15.8. The van der Waals surface area contributed by atoms with Gasteiger partial charge in [-0.3, -0.25) is 0 Å². The molecule has 0 bridgehead atoms. The molecule has 6 heteroatoms. The van der Waals surface area contributed by atoms with Crippen LogP contribution in [0.5, 0.6) is 5.75 Å². The fourth-order valence-corrected chi connectivity index (χ4v) is 3.24. The minimum atomic E-state index is 0.570. The molecule has 0 aliphatic rings. The standard InChI is InChI=1S/C19H28N4OS/c1-6-20-19(22-12-18-23-14(4)15(5)25-18)21-11-16-9-8-13(3)10-17(16)24-7-2/h8-10H,6-7,11-12H2,1-5H3,(H2,20,21,22). The molecule has 0 aliphatic heterocycles. The van der Waals surface area contributed by atoms with Gasteiger partial charge in [0, 0.05) is 17.0 Å². The van der Waals surface area contributed by atoms with E-state index in [0.717, 1.165) is 34.5 Å². The predicted molar refractivity (Wildman–Crippen MR) is 106 cm³/mol. The van der Waals surface area contributed by atoms with E-state index < -0.39 is 0 Å². The Morgan fingerprint density at radius 1 is 1.20 bits per heavy atom. The number of benzene rings is 1. The van der Waals surface area contributed by atoms with Crippen molar-refractivity contribution in [2.45, 2.75) is 47.7 Å². The number of thiazole rings is 1. The number of ether oxygens (including phenoxy) is 1. The summed E-state index contributed by atoms with van der Waals surface area (Å²) in [4.78, 5) is 10.5. The molecule has 1 aromatic heterocycles. The van der Waals surface area contributed by atoms with Crippen molar-refractivity contribution in [3.05, 3.63) is 44.9 Å². The second-order valence-corrected chi connectivity index (χ2v) is 7.13. The van der Waals surface area contributed by atoms with Gasteiger partial charge in [-0.15, -0.1) is 11.3 Å². The van der Waals surface area contributed by atoms with Crippen molar-refractivity contribution < 1.29 is 4.74 Å². The van der Waals surface area contributed by atoms with Crippen molar-refractivity contribution in [3.8, 4) is 5.75 Å². The molecule has 0 aliphatic carbocycles. The monoisotopic (exact) mass is 360 g/mol. The lowest BCUT2D eigenvalue weighted by molar-refractivity contribution is 0.336. The third kappa shape index (κ3) is 5.74. The number of aryl methyl sites for hydroxylation is 3. The highest BCUT2D eigenvalue weighted by atomic mass is 32.1. The Hall–Kier alpha value is -2.08. The number of aliphatic imine (C=N–C) groups is 1. The van der Waals surface area contributed by atoms with Crippen molar-refractivity contribution in [1.29, 1.82) is 0 Å². The average molecular weight is 361 g/mol. The van der Waals surface area contributed by atoms with Gasteiger partial charge >= 0.3 is 0 Å². The number of nitrogens with zero attached hydrogens (tertiary/aromatic N) is 2. The van der Waals surface area contributed by atoms with Gasteiger partial charge in [-0.25, -0.2) is 9.98 Å². The molecule has 2 N–H and O–H groups in total. The topological polar surface area (TPSA) is 58.5 Å². The van der Waals surface area contributed by atoms with Gasteiger partial charge in [0.15, 0.2) is 5.96 Å². The van der Waals surface area contributed by atoms with Crippen molar-refractivity contribution in [2.75, 3.05) is 13.2 Å². The molecule has 0 unspecified atom stereocenters. The summed E-state index contributed by atoms with van der Waals surface area (Å²) in [6, 6.07) is 6.24. The first-order valence-electron chi connectivity index (χ1n) is 8.70. The molecule has 0 spiro atoms. The van der Waals surface area contributed by atoms with Crippen LogP contribution in [0.1, 0.15) is 40.6 Å². The molecule has 2 rings (SSSR count). The molecule has 0 fully saturated rings. The van der Waals surface area contributed by atoms with Gasteiger partial charge in [0.05, 0.1) is 25.4 Å². The highest BCUT2D eigenvalue weighted by Gasteiger charge is 2.07. The number of hydrogen-bond acceptors (Lipinski definition) is 4. The molecular weight excluding hydrogens is 332 g/mol. The van der Waals surface area contributed by atoms with Gasteiger partial charge in [-0.2, -0.15) is 0 Å². The normalized spacial score (nSPS) is 11.5. The van der Waals surface area contributed by atoms with E-state index in [9.17, 15) is 0 Å². The lowest BCUT2D eigenvalue weighted by atomic mass is 10.1. The highest BCUT2D eigenvalue weighted by Crippen LogP contribution is 2.21. The summed E-state index contributed by atoms with van der Waals surface area (Å²) in [5.41, 5.74) is 3.38. The fourth-order valence-electron chi connectivity index (χ4n) is 2.36. The molecule has 1 aromatic carbocycles. The van der Waals surface area contributed by atoms with Crippen molar-refractivity contribution >= 4 is 17.3 Å². The molecule has 0 atom stereocenters. The first-order valence-corrected chi connectivity index (χ1v) is 9.52. The molecular formula is C19H28N4OS. The molecule has 2 aromatic rings. The Morgan fingerprint density at radius 2 is 2.00 bits per heavy atom. The van der Waals surface area contributed by atoms with E-state index in [0.29, 0.717) is 19.7 Å². The predicted octanol–water partition coefficient (Wildman–Crippen LogP) is 3.72. The van der Waals surface area contributed by atoms with E-state index in [1.807, 2.05) is 13.8 Å². The van der Waals surface area contributed by atoms with Crippen LogP contribution in [0.2, 0.25) is 0 Å². The van der Waals surface area contributed by atoms with Gasteiger partial charge in [-0.05, 0) is 46.2 Å². The number of rotatable bonds is 7. The zero-order chi connectivity index (χ0) is 18.2. The third-order valence-electron chi connectivity index (χ3n) is 3.75. The largest absolute Gasteiger partial charge is 0.494 e. The minimum absolute atomic E-state index is 0.570. The minimum Gasteiger partial charge on any atom is -0.494 e. The van der Waals surface area contributed by atoms with E-state index in [1.165, 1.54) is 10.4 Å². The Bertz CT molecular complexity index is 705. The average Bonchev–Trinajstić information content (AvgIpc) is 2.90. The SMILES string of the molecule is CCNC(=NCc1ccc(C)cc1OCC)NCc1nc(C)c(C)s1. The summed E-state index contributed by atoms with van der Waals surface area (Å²) >= 11 is 1.72. The second kappa shape index (κ2) is 9.42.